The molecule has 0 spiro atoms. The number of nitrogens with zero attached hydrogens (tertiary/aromatic N) is 3. The summed E-state index contributed by atoms with van der Waals surface area (Å²) in [5.74, 6) is 0.682. The lowest BCUT2D eigenvalue weighted by Crippen LogP contribution is -2.28. The van der Waals surface area contributed by atoms with Crippen molar-refractivity contribution < 1.29 is 0 Å². The van der Waals surface area contributed by atoms with E-state index in [9.17, 15) is 0 Å². The normalized spacial score (nSPS) is 11.3. The molecular formula is C12H19N5. The standard InChI is InChI=1S/C12H19N5/c1-9(2)13-5-6-14-12-15-11-8-10(3)4-7-17(11)16-12/h4,7-9,13H,5-6H2,1-3H3,(H,14,16). The first kappa shape index (κ1) is 11.9. The van der Waals surface area contributed by atoms with Crippen LogP contribution < -0.4 is 10.6 Å². The number of anilines is 1. The lowest BCUT2D eigenvalue weighted by atomic mass is 10.3. The average Bonchev–Trinajstić information content (AvgIpc) is 2.66. The Hall–Kier alpha value is -1.62. The highest BCUT2D eigenvalue weighted by Gasteiger charge is 2.02. The third-order valence-corrected chi connectivity index (χ3v) is 2.45. The summed E-state index contributed by atoms with van der Waals surface area (Å²) in [5.41, 5.74) is 2.07. The van der Waals surface area contributed by atoms with Crippen LogP contribution in [0.25, 0.3) is 5.65 Å². The molecule has 0 aliphatic heterocycles. The number of pyridine rings is 1. The number of hydrogen-bond donors (Lipinski definition) is 2. The minimum absolute atomic E-state index is 0.508. The molecule has 17 heavy (non-hydrogen) atoms. The molecule has 2 rings (SSSR count). The monoisotopic (exact) mass is 233 g/mol. The maximum atomic E-state index is 4.40. The van der Waals surface area contributed by atoms with Gasteiger partial charge in [-0.15, -0.1) is 5.10 Å². The van der Waals surface area contributed by atoms with Crippen molar-refractivity contribution in [3.8, 4) is 0 Å². The first-order valence-electron chi connectivity index (χ1n) is 5.95. The molecule has 0 aromatic carbocycles. The third-order valence-electron chi connectivity index (χ3n) is 2.45. The fraction of sp³-hybridized carbons (Fsp3) is 0.500. The summed E-state index contributed by atoms with van der Waals surface area (Å²) in [4.78, 5) is 4.40. The van der Waals surface area contributed by atoms with Gasteiger partial charge in [-0.1, -0.05) is 13.8 Å². The van der Waals surface area contributed by atoms with E-state index in [0.717, 1.165) is 18.7 Å². The fourth-order valence-corrected chi connectivity index (χ4v) is 1.59. The first-order chi connectivity index (χ1) is 8.15. The van der Waals surface area contributed by atoms with Crippen LogP contribution in [0.2, 0.25) is 0 Å². The summed E-state index contributed by atoms with van der Waals surface area (Å²) < 4.78 is 1.78. The highest BCUT2D eigenvalue weighted by Crippen LogP contribution is 2.06. The molecule has 0 bridgehead atoms. The Morgan fingerprint density at radius 3 is 2.94 bits per heavy atom. The molecular weight excluding hydrogens is 214 g/mol. The number of hydrogen-bond acceptors (Lipinski definition) is 4. The summed E-state index contributed by atoms with van der Waals surface area (Å²) in [6.45, 7) is 8.05. The van der Waals surface area contributed by atoms with Gasteiger partial charge in [0.05, 0.1) is 0 Å². The Balaban J connectivity index is 1.95. The van der Waals surface area contributed by atoms with E-state index < -0.39 is 0 Å². The van der Waals surface area contributed by atoms with Crippen LogP contribution in [-0.2, 0) is 0 Å². The van der Waals surface area contributed by atoms with E-state index in [2.05, 4.69) is 34.6 Å². The first-order valence-corrected chi connectivity index (χ1v) is 5.95. The number of rotatable bonds is 5. The molecule has 2 N–H and O–H groups in total. The Morgan fingerprint density at radius 1 is 1.35 bits per heavy atom. The Bertz CT molecular complexity index is 489. The van der Waals surface area contributed by atoms with Crippen molar-refractivity contribution in [3.05, 3.63) is 23.9 Å². The zero-order valence-electron chi connectivity index (χ0n) is 10.6. The predicted molar refractivity (Wildman–Crippen MR) is 69.4 cm³/mol. The van der Waals surface area contributed by atoms with Crippen LogP contribution >= 0.6 is 0 Å². The quantitative estimate of drug-likeness (QED) is 0.767. The molecule has 2 aromatic heterocycles. The highest BCUT2D eigenvalue weighted by molar-refractivity contribution is 5.45. The van der Waals surface area contributed by atoms with E-state index >= 15 is 0 Å². The Labute approximate surface area is 101 Å². The van der Waals surface area contributed by atoms with Gasteiger partial charge < -0.3 is 10.6 Å². The molecule has 0 radical (unpaired) electrons. The van der Waals surface area contributed by atoms with Crippen LogP contribution in [0.3, 0.4) is 0 Å². The smallest absolute Gasteiger partial charge is 0.243 e. The minimum atomic E-state index is 0.508. The molecule has 0 saturated carbocycles. The van der Waals surface area contributed by atoms with Crippen molar-refractivity contribution in [2.45, 2.75) is 26.8 Å². The summed E-state index contributed by atoms with van der Waals surface area (Å²) in [6.07, 6.45) is 1.93. The van der Waals surface area contributed by atoms with Crippen molar-refractivity contribution in [1.82, 2.24) is 19.9 Å². The van der Waals surface area contributed by atoms with Gasteiger partial charge in [-0.3, -0.25) is 0 Å². The molecule has 92 valence electrons. The summed E-state index contributed by atoms with van der Waals surface area (Å²) in [5, 5.41) is 10.9. The van der Waals surface area contributed by atoms with Gasteiger partial charge in [0.2, 0.25) is 5.95 Å². The van der Waals surface area contributed by atoms with Crippen LogP contribution in [0.15, 0.2) is 18.3 Å². The second kappa shape index (κ2) is 5.14. The van der Waals surface area contributed by atoms with Crippen LogP contribution in [0.1, 0.15) is 19.4 Å². The van der Waals surface area contributed by atoms with Gasteiger partial charge in [-0.2, -0.15) is 4.98 Å². The molecule has 0 aliphatic rings. The van der Waals surface area contributed by atoms with Gasteiger partial charge in [0.1, 0.15) is 0 Å². The molecule has 0 saturated heterocycles. The maximum Gasteiger partial charge on any atom is 0.243 e. The lowest BCUT2D eigenvalue weighted by molar-refractivity contribution is 0.601. The van der Waals surface area contributed by atoms with Crippen molar-refractivity contribution in [3.63, 3.8) is 0 Å². The van der Waals surface area contributed by atoms with E-state index in [1.807, 2.05) is 25.3 Å². The number of fused-ring (bicyclic) bond motifs is 1. The van der Waals surface area contributed by atoms with E-state index in [0.29, 0.717) is 12.0 Å². The van der Waals surface area contributed by atoms with Crippen molar-refractivity contribution >= 4 is 11.6 Å². The van der Waals surface area contributed by atoms with Gasteiger partial charge in [0, 0.05) is 25.3 Å². The predicted octanol–water partition coefficient (Wildman–Crippen LogP) is 1.45. The van der Waals surface area contributed by atoms with Gasteiger partial charge in [0.25, 0.3) is 0 Å². The van der Waals surface area contributed by atoms with E-state index in [1.165, 1.54) is 5.56 Å². The van der Waals surface area contributed by atoms with Crippen molar-refractivity contribution in [1.29, 1.82) is 0 Å². The minimum Gasteiger partial charge on any atom is -0.352 e. The summed E-state index contributed by atoms with van der Waals surface area (Å²) in [6, 6.07) is 4.55. The summed E-state index contributed by atoms with van der Waals surface area (Å²) >= 11 is 0. The number of aromatic nitrogens is 3. The van der Waals surface area contributed by atoms with E-state index in [1.54, 1.807) is 4.52 Å². The SMILES string of the molecule is Cc1ccn2nc(NCCNC(C)C)nc2c1. The molecule has 5 heteroatoms. The van der Waals surface area contributed by atoms with E-state index in [4.69, 9.17) is 0 Å². The van der Waals surface area contributed by atoms with Crippen LogP contribution in [0.5, 0.6) is 0 Å². The topological polar surface area (TPSA) is 54.2 Å². The third kappa shape index (κ3) is 3.17. The highest BCUT2D eigenvalue weighted by atomic mass is 15.3. The molecule has 0 amide bonds. The molecule has 0 aliphatic carbocycles. The van der Waals surface area contributed by atoms with Crippen LogP contribution in [-0.4, -0.2) is 33.7 Å². The molecule has 2 heterocycles. The molecule has 0 fully saturated rings. The van der Waals surface area contributed by atoms with Crippen LogP contribution in [0.4, 0.5) is 5.95 Å². The van der Waals surface area contributed by atoms with Gasteiger partial charge >= 0.3 is 0 Å². The van der Waals surface area contributed by atoms with Crippen molar-refractivity contribution in [2.24, 2.45) is 0 Å². The average molecular weight is 233 g/mol. The Kier molecular flexibility index (Phi) is 3.58. The Morgan fingerprint density at radius 2 is 2.18 bits per heavy atom. The van der Waals surface area contributed by atoms with E-state index in [-0.39, 0.29) is 0 Å². The summed E-state index contributed by atoms with van der Waals surface area (Å²) in [7, 11) is 0. The molecule has 0 unspecified atom stereocenters. The molecule has 5 nitrogen and oxygen atoms in total. The van der Waals surface area contributed by atoms with Gasteiger partial charge in [-0.05, 0) is 24.6 Å². The second-order valence-electron chi connectivity index (χ2n) is 4.48. The van der Waals surface area contributed by atoms with Gasteiger partial charge in [0.15, 0.2) is 5.65 Å². The zero-order valence-corrected chi connectivity index (χ0v) is 10.6. The second-order valence-corrected chi connectivity index (χ2v) is 4.48. The number of nitrogens with one attached hydrogen (secondary N) is 2. The fourth-order valence-electron chi connectivity index (χ4n) is 1.59. The molecule has 2 aromatic rings. The van der Waals surface area contributed by atoms with Gasteiger partial charge in [-0.25, -0.2) is 4.52 Å². The zero-order chi connectivity index (χ0) is 12.3. The lowest BCUT2D eigenvalue weighted by Gasteiger charge is -2.07. The largest absolute Gasteiger partial charge is 0.352 e. The van der Waals surface area contributed by atoms with Crippen molar-refractivity contribution in [2.75, 3.05) is 18.4 Å². The maximum absolute atomic E-state index is 4.40. The number of aryl methyl sites for hydroxylation is 1. The molecule has 0 atom stereocenters. The van der Waals surface area contributed by atoms with Crippen LogP contribution in [0, 0.1) is 6.92 Å².